The zero-order valence-electron chi connectivity index (χ0n) is 23.7. The van der Waals surface area contributed by atoms with E-state index in [1.165, 1.54) is 22.8 Å². The second-order valence-electron chi connectivity index (χ2n) is 11.3. The van der Waals surface area contributed by atoms with Gasteiger partial charge < -0.3 is 29.5 Å². The first-order valence-electron chi connectivity index (χ1n) is 13.8. The summed E-state index contributed by atoms with van der Waals surface area (Å²) in [5, 5.41) is 0. The van der Waals surface area contributed by atoms with Gasteiger partial charge in [-0.15, -0.1) is 11.6 Å². The van der Waals surface area contributed by atoms with Crippen molar-refractivity contribution in [1.82, 2.24) is 23.9 Å². The van der Waals surface area contributed by atoms with E-state index < -0.39 is 16.0 Å². The van der Waals surface area contributed by atoms with Crippen molar-refractivity contribution in [2.24, 2.45) is 5.41 Å². The summed E-state index contributed by atoms with van der Waals surface area (Å²) < 4.78 is 54.4. The second-order valence-corrected chi connectivity index (χ2v) is 13.0. The van der Waals surface area contributed by atoms with Gasteiger partial charge in [0.1, 0.15) is 6.33 Å². The maximum absolute atomic E-state index is 13.5. The zero-order valence-corrected chi connectivity index (χ0v) is 24.6. The molecular formula is C27H35FLiN6O6S-. The van der Waals surface area contributed by atoms with Gasteiger partial charge in [0.25, 0.3) is 10.2 Å². The van der Waals surface area contributed by atoms with E-state index in [9.17, 15) is 17.6 Å². The molecule has 2 atom stereocenters. The van der Waals surface area contributed by atoms with Crippen molar-refractivity contribution in [2.45, 2.75) is 44.2 Å². The van der Waals surface area contributed by atoms with Crippen molar-refractivity contribution in [3.05, 3.63) is 42.1 Å². The van der Waals surface area contributed by atoms with E-state index in [1.54, 1.807) is 12.5 Å². The fourth-order valence-corrected chi connectivity index (χ4v) is 7.49. The van der Waals surface area contributed by atoms with E-state index in [2.05, 4.69) is 24.5 Å². The number of nitrogens with one attached hydrogen (secondary N) is 1. The van der Waals surface area contributed by atoms with Crippen LogP contribution >= 0.6 is 0 Å². The molecule has 0 radical (unpaired) electrons. The minimum absolute atomic E-state index is 0. The summed E-state index contributed by atoms with van der Waals surface area (Å²) in [5.41, 5.74) is 0.219. The van der Waals surface area contributed by atoms with Crippen molar-refractivity contribution in [3.63, 3.8) is 0 Å². The van der Waals surface area contributed by atoms with Crippen molar-refractivity contribution >= 4 is 22.3 Å². The predicted molar refractivity (Wildman–Crippen MR) is 147 cm³/mol. The molecule has 0 saturated carbocycles. The van der Waals surface area contributed by atoms with Gasteiger partial charge in [-0.05, 0) is 51.3 Å². The molecule has 2 N–H and O–H groups in total. The average Bonchev–Trinajstić information content (AvgIpc) is 2.89. The first-order valence-corrected chi connectivity index (χ1v) is 15.3. The number of nitrogens with zero attached hydrogens (tertiary/aromatic N) is 5. The first-order chi connectivity index (χ1) is 19.3. The number of rotatable bonds is 9. The fourth-order valence-electron chi connectivity index (χ4n) is 5.99. The van der Waals surface area contributed by atoms with E-state index >= 15 is 0 Å². The first kappa shape index (κ1) is 32.8. The van der Waals surface area contributed by atoms with Crippen LogP contribution in [0.3, 0.4) is 0 Å². The second kappa shape index (κ2) is 13.7. The number of aromatic nitrogens is 2. The van der Waals surface area contributed by atoms with Gasteiger partial charge in [-0.1, -0.05) is 6.07 Å². The maximum atomic E-state index is 13.5. The monoisotopic (exact) mass is 597 g/mol. The van der Waals surface area contributed by atoms with Crippen LogP contribution in [0.25, 0.3) is 0 Å². The number of piperidine rings is 1. The van der Waals surface area contributed by atoms with Gasteiger partial charge in [-0.2, -0.15) is 17.4 Å². The molecule has 0 unspecified atom stereocenters. The Kier molecular flexibility index (Phi) is 10.6. The van der Waals surface area contributed by atoms with Crippen LogP contribution in [0.1, 0.15) is 37.7 Å². The molecule has 4 fully saturated rings. The largest absolute Gasteiger partial charge is 1.00 e. The molecule has 6 rings (SSSR count). The van der Waals surface area contributed by atoms with Gasteiger partial charge in [0.15, 0.2) is 11.6 Å². The summed E-state index contributed by atoms with van der Waals surface area (Å²) in [6, 6.07) is 3.57. The van der Waals surface area contributed by atoms with Crippen LogP contribution in [0.4, 0.5) is 10.2 Å². The summed E-state index contributed by atoms with van der Waals surface area (Å²) in [4.78, 5) is 24.4. The third kappa shape index (κ3) is 7.14. The number of halogens is 1. The fraction of sp³-hybridized carbons (Fsp3) is 0.593. The van der Waals surface area contributed by atoms with Crippen molar-refractivity contribution in [3.8, 4) is 11.5 Å². The van der Waals surface area contributed by atoms with E-state index in [0.29, 0.717) is 31.3 Å². The molecule has 12 nitrogen and oxygen atoms in total. The summed E-state index contributed by atoms with van der Waals surface area (Å²) in [6.07, 6.45) is 9.56. The molecule has 0 bridgehead atoms. The minimum Gasteiger partial charge on any atom is -0.870 e. The molecule has 1 aromatic heterocycles. The normalized spacial score (nSPS) is 24.1. The Bertz CT molecular complexity index is 1330. The number of likely N-dealkylation sites (tertiary alicyclic amines) is 1. The smallest absolute Gasteiger partial charge is 0.870 e. The number of hydrogen-bond acceptors (Lipinski definition) is 10. The molecule has 0 amide bonds. The number of ether oxygens (including phenoxy) is 2. The third-order valence-corrected chi connectivity index (χ3v) is 10.2. The van der Waals surface area contributed by atoms with E-state index in [4.69, 9.17) is 9.47 Å². The topological polar surface area (TPSA) is 147 Å². The quantitative estimate of drug-likeness (QED) is 0.273. The van der Waals surface area contributed by atoms with Gasteiger partial charge in [0.2, 0.25) is 0 Å². The standard InChI is InChI=1S/C27H34FN6O5S.Li.H2O/c28-21-2-5-24(20(12-21)15-35)39-25-13-29-19-30-26(25)33-17-27(18-33)6-10-32(11-7-27)14-23-4-3-22(16-38-23)31-40(36,37)34-8-1-9-34;;/h2,5,12-13,19,22-23,31H,1,3-4,6-11,14,16-18H2;;1H2/q-1;+1;/p-1/t22-,23+;;/m1../s1. The maximum Gasteiger partial charge on any atom is 1.00 e. The molecule has 4 aliphatic heterocycles. The predicted octanol–water partition coefficient (Wildman–Crippen LogP) is -1.32. The Balaban J connectivity index is 0.00000202. The van der Waals surface area contributed by atoms with E-state index in [1.807, 2.05) is 0 Å². The summed E-state index contributed by atoms with van der Waals surface area (Å²) >= 11 is 0. The van der Waals surface area contributed by atoms with Crippen molar-refractivity contribution < 1.29 is 51.4 Å². The molecular weight excluding hydrogens is 562 g/mol. The SMILES string of the molecule is O=[C-]c1cc(F)ccc1Oc1cncnc1N1CC2(CCN(C[C@@H]3CC[C@@H](NS(=O)(=O)N4CCC4)CO3)CC2)C1.[Li+].[OH-]. The molecule has 15 heteroatoms. The summed E-state index contributed by atoms with van der Waals surface area (Å²) in [7, 11) is -3.38. The average molecular weight is 598 g/mol. The Morgan fingerprint density at radius 1 is 1.14 bits per heavy atom. The Hall–Kier alpha value is -2.15. The number of carbonyl (C=O) groups excluding carboxylic acids is 1. The molecule has 5 heterocycles. The van der Waals surface area contributed by atoms with Crippen molar-refractivity contribution in [2.75, 3.05) is 57.3 Å². The molecule has 0 aliphatic carbocycles. The van der Waals surface area contributed by atoms with Crippen LogP contribution in [0.2, 0.25) is 0 Å². The van der Waals surface area contributed by atoms with Crippen LogP contribution in [0.5, 0.6) is 11.5 Å². The van der Waals surface area contributed by atoms with E-state index in [-0.39, 0.29) is 53.2 Å². The van der Waals surface area contributed by atoms with Gasteiger partial charge in [-0.25, -0.2) is 14.4 Å². The van der Waals surface area contributed by atoms with Crippen LogP contribution < -0.4 is 33.2 Å². The number of benzene rings is 1. The summed E-state index contributed by atoms with van der Waals surface area (Å²) in [5.74, 6) is 0.744. The summed E-state index contributed by atoms with van der Waals surface area (Å²) in [6.45, 7) is 6.16. The van der Waals surface area contributed by atoms with Crippen LogP contribution in [0.15, 0.2) is 30.7 Å². The van der Waals surface area contributed by atoms with Gasteiger partial charge in [0, 0.05) is 49.9 Å². The van der Waals surface area contributed by atoms with Gasteiger partial charge in [0.05, 0.1) is 31.0 Å². The molecule has 4 aliphatic rings. The molecule has 224 valence electrons. The molecule has 4 saturated heterocycles. The Labute approximate surface area is 257 Å². The Morgan fingerprint density at radius 2 is 1.90 bits per heavy atom. The zero-order chi connectivity index (χ0) is 27.7. The number of hydrogen-bond donors (Lipinski definition) is 1. The Morgan fingerprint density at radius 3 is 2.55 bits per heavy atom. The van der Waals surface area contributed by atoms with Crippen LogP contribution in [-0.2, 0) is 19.7 Å². The van der Waals surface area contributed by atoms with E-state index in [0.717, 1.165) is 70.9 Å². The van der Waals surface area contributed by atoms with Crippen molar-refractivity contribution in [1.29, 1.82) is 0 Å². The van der Waals surface area contributed by atoms with Gasteiger partial charge in [-0.3, -0.25) is 0 Å². The molecule has 1 aromatic carbocycles. The van der Waals surface area contributed by atoms with Crippen LogP contribution in [-0.4, -0.2) is 104 Å². The van der Waals surface area contributed by atoms with Crippen LogP contribution in [0, 0.1) is 11.2 Å². The number of anilines is 1. The molecule has 42 heavy (non-hydrogen) atoms. The van der Waals surface area contributed by atoms with Gasteiger partial charge >= 0.3 is 18.9 Å². The molecule has 2 aromatic rings. The third-order valence-electron chi connectivity index (χ3n) is 8.50. The molecule has 1 spiro atoms. The minimum atomic E-state index is -3.38.